The first-order valence-electron chi connectivity index (χ1n) is 5.07. The van der Waals surface area contributed by atoms with Crippen molar-refractivity contribution in [2.45, 2.75) is 39.5 Å². The summed E-state index contributed by atoms with van der Waals surface area (Å²) in [4.78, 5) is 17.2. The van der Waals surface area contributed by atoms with Crippen molar-refractivity contribution >= 4 is 12.1 Å². The average molecular weight is 225 g/mol. The van der Waals surface area contributed by atoms with E-state index in [4.69, 9.17) is 14.9 Å². The number of amides is 1. The van der Waals surface area contributed by atoms with Gasteiger partial charge in [-0.2, -0.15) is 4.98 Å². The van der Waals surface area contributed by atoms with Crippen molar-refractivity contribution in [3.8, 4) is 0 Å². The summed E-state index contributed by atoms with van der Waals surface area (Å²) in [6.07, 6.45) is -0.362. The maximum absolute atomic E-state index is 11.7. The van der Waals surface area contributed by atoms with E-state index >= 15 is 0 Å². The van der Waals surface area contributed by atoms with Crippen molar-refractivity contribution < 1.29 is 13.9 Å². The van der Waals surface area contributed by atoms with Gasteiger partial charge in [-0.05, 0) is 20.8 Å². The predicted octanol–water partition coefficient (Wildman–Crippen LogP) is 1.51. The van der Waals surface area contributed by atoms with Crippen LogP contribution in [0, 0.1) is 0 Å². The molecule has 0 atom stereocenters. The topological polar surface area (TPSA) is 81.6 Å². The number of carbonyl (C=O) groups is 1. The molecule has 0 radical (unpaired) electrons. The number of nitrogens with two attached hydrogens (primary N) is 1. The first kappa shape index (κ1) is 10.8. The fourth-order valence-electron chi connectivity index (χ4n) is 1.52. The van der Waals surface area contributed by atoms with Gasteiger partial charge in [-0.1, -0.05) is 0 Å². The molecule has 2 N–H and O–H groups in total. The van der Waals surface area contributed by atoms with Crippen LogP contribution in [0.2, 0.25) is 0 Å². The fraction of sp³-hybridized carbons (Fsp3) is 0.600. The quantitative estimate of drug-likeness (QED) is 0.723. The Hall–Kier alpha value is -1.72. The van der Waals surface area contributed by atoms with Gasteiger partial charge in [-0.3, -0.25) is 4.90 Å². The Morgan fingerprint density at radius 3 is 2.75 bits per heavy atom. The first-order chi connectivity index (χ1) is 7.35. The van der Waals surface area contributed by atoms with Gasteiger partial charge in [-0.15, -0.1) is 0 Å². The van der Waals surface area contributed by atoms with E-state index in [9.17, 15) is 4.79 Å². The number of aromatic nitrogens is 1. The molecule has 0 spiro atoms. The van der Waals surface area contributed by atoms with Crippen molar-refractivity contribution in [1.82, 2.24) is 9.88 Å². The Kier molecular flexibility index (Phi) is 2.29. The summed E-state index contributed by atoms with van der Waals surface area (Å²) >= 11 is 0. The lowest BCUT2D eigenvalue weighted by molar-refractivity contribution is 0.0232. The van der Waals surface area contributed by atoms with Crippen LogP contribution in [-0.2, 0) is 17.8 Å². The fourth-order valence-corrected chi connectivity index (χ4v) is 1.52. The summed E-state index contributed by atoms with van der Waals surface area (Å²) in [6, 6.07) is 0.147. The molecule has 6 nitrogen and oxygen atoms in total. The highest BCUT2D eigenvalue weighted by Crippen LogP contribution is 2.25. The highest BCUT2D eigenvalue weighted by atomic mass is 16.6. The van der Waals surface area contributed by atoms with Crippen LogP contribution in [0.15, 0.2) is 4.42 Å². The number of fused-ring (bicyclic) bond motifs is 1. The summed E-state index contributed by atoms with van der Waals surface area (Å²) in [5.41, 5.74) is 5.62. The number of rotatable bonds is 0. The lowest BCUT2D eigenvalue weighted by atomic mass is 10.2. The van der Waals surface area contributed by atoms with Gasteiger partial charge < -0.3 is 14.9 Å². The maximum atomic E-state index is 11.7. The second kappa shape index (κ2) is 3.40. The highest BCUT2D eigenvalue weighted by molar-refractivity contribution is 5.68. The minimum absolute atomic E-state index is 0.147. The molecule has 0 saturated carbocycles. The zero-order valence-corrected chi connectivity index (χ0v) is 9.61. The molecule has 6 heteroatoms. The van der Waals surface area contributed by atoms with Crippen LogP contribution in [0.4, 0.5) is 10.8 Å². The predicted molar refractivity (Wildman–Crippen MR) is 56.4 cm³/mol. The number of anilines is 1. The molecule has 88 valence electrons. The Bertz CT molecular complexity index is 396. The van der Waals surface area contributed by atoms with Crippen LogP contribution in [-0.4, -0.2) is 21.6 Å². The van der Waals surface area contributed by atoms with Crippen molar-refractivity contribution in [3.63, 3.8) is 0 Å². The molecule has 0 aliphatic carbocycles. The van der Waals surface area contributed by atoms with Gasteiger partial charge in [0.1, 0.15) is 11.3 Å². The largest absolute Gasteiger partial charge is 0.444 e. The molecule has 1 aliphatic heterocycles. The molecule has 1 aromatic heterocycles. The van der Waals surface area contributed by atoms with Crippen molar-refractivity contribution in [2.24, 2.45) is 0 Å². The zero-order chi connectivity index (χ0) is 11.9. The molecule has 0 saturated heterocycles. The molecule has 0 aromatic carbocycles. The molecular formula is C10H15N3O3. The van der Waals surface area contributed by atoms with E-state index in [-0.39, 0.29) is 12.1 Å². The van der Waals surface area contributed by atoms with E-state index in [0.717, 1.165) is 0 Å². The summed E-state index contributed by atoms with van der Waals surface area (Å²) in [5.74, 6) is 0.642. The van der Waals surface area contributed by atoms with E-state index in [2.05, 4.69) is 4.98 Å². The Labute approximate surface area is 93.4 Å². The summed E-state index contributed by atoms with van der Waals surface area (Å²) in [5, 5.41) is 0. The number of oxazole rings is 1. The lowest BCUT2D eigenvalue weighted by Crippen LogP contribution is -2.33. The van der Waals surface area contributed by atoms with Gasteiger partial charge in [-0.25, -0.2) is 4.79 Å². The van der Waals surface area contributed by atoms with Crippen LogP contribution in [0.1, 0.15) is 32.2 Å². The van der Waals surface area contributed by atoms with Crippen LogP contribution in [0.3, 0.4) is 0 Å². The van der Waals surface area contributed by atoms with Crippen LogP contribution >= 0.6 is 0 Å². The first-order valence-corrected chi connectivity index (χ1v) is 5.07. The third-order valence-electron chi connectivity index (χ3n) is 2.12. The molecule has 1 aromatic rings. The summed E-state index contributed by atoms with van der Waals surface area (Å²) in [6.45, 7) is 6.25. The minimum Gasteiger partial charge on any atom is -0.444 e. The number of hydrogen-bond acceptors (Lipinski definition) is 5. The van der Waals surface area contributed by atoms with Gasteiger partial charge >= 0.3 is 6.09 Å². The standard InChI is InChI=1S/C10H15N3O3/c1-10(2,3)16-9(14)13-4-6-7(5-13)15-8(11)12-6/h4-5H2,1-3H3,(H2,11,12). The van der Waals surface area contributed by atoms with Gasteiger partial charge in [0.15, 0.2) is 5.76 Å². The molecule has 2 rings (SSSR count). The van der Waals surface area contributed by atoms with E-state index in [1.165, 1.54) is 4.90 Å². The zero-order valence-electron chi connectivity index (χ0n) is 9.61. The Morgan fingerprint density at radius 2 is 2.19 bits per heavy atom. The average Bonchev–Trinajstić information content (AvgIpc) is 2.56. The van der Waals surface area contributed by atoms with E-state index in [1.807, 2.05) is 20.8 Å². The minimum atomic E-state index is -0.493. The summed E-state index contributed by atoms with van der Waals surface area (Å²) in [7, 11) is 0. The number of nitrogens with zero attached hydrogens (tertiary/aromatic N) is 2. The van der Waals surface area contributed by atoms with Crippen LogP contribution < -0.4 is 5.73 Å². The van der Waals surface area contributed by atoms with E-state index in [0.29, 0.717) is 24.5 Å². The van der Waals surface area contributed by atoms with Crippen molar-refractivity contribution in [1.29, 1.82) is 0 Å². The number of hydrogen-bond donors (Lipinski definition) is 1. The van der Waals surface area contributed by atoms with E-state index in [1.54, 1.807) is 0 Å². The molecule has 0 unspecified atom stereocenters. The van der Waals surface area contributed by atoms with Gasteiger partial charge in [0.2, 0.25) is 0 Å². The van der Waals surface area contributed by atoms with Crippen LogP contribution in [0.25, 0.3) is 0 Å². The Morgan fingerprint density at radius 1 is 1.50 bits per heavy atom. The Balaban J connectivity index is 2.01. The van der Waals surface area contributed by atoms with Gasteiger partial charge in [0.25, 0.3) is 6.01 Å². The number of ether oxygens (including phenoxy) is 1. The van der Waals surface area contributed by atoms with Gasteiger partial charge in [0.05, 0.1) is 13.1 Å². The van der Waals surface area contributed by atoms with Crippen molar-refractivity contribution in [3.05, 3.63) is 11.5 Å². The third kappa shape index (κ3) is 2.10. The second-order valence-corrected chi connectivity index (χ2v) is 4.76. The molecule has 2 heterocycles. The molecule has 16 heavy (non-hydrogen) atoms. The van der Waals surface area contributed by atoms with Crippen molar-refractivity contribution in [2.75, 3.05) is 5.73 Å². The second-order valence-electron chi connectivity index (χ2n) is 4.76. The third-order valence-corrected chi connectivity index (χ3v) is 2.12. The molecule has 0 bridgehead atoms. The lowest BCUT2D eigenvalue weighted by Gasteiger charge is -2.23. The molecular weight excluding hydrogens is 210 g/mol. The maximum Gasteiger partial charge on any atom is 0.411 e. The monoisotopic (exact) mass is 225 g/mol. The molecule has 1 amide bonds. The number of carbonyl (C=O) groups excluding carboxylic acids is 1. The normalized spacial score (nSPS) is 15.1. The summed E-state index contributed by atoms with van der Waals surface area (Å²) < 4.78 is 10.4. The van der Waals surface area contributed by atoms with Gasteiger partial charge in [0, 0.05) is 0 Å². The molecule has 1 aliphatic rings. The van der Waals surface area contributed by atoms with E-state index < -0.39 is 5.60 Å². The number of nitrogen functional groups attached to an aromatic ring is 1. The SMILES string of the molecule is CC(C)(C)OC(=O)N1Cc2nc(N)oc2C1. The molecule has 0 fully saturated rings. The smallest absolute Gasteiger partial charge is 0.411 e. The highest BCUT2D eigenvalue weighted by Gasteiger charge is 2.31. The van der Waals surface area contributed by atoms with Crippen LogP contribution in [0.5, 0.6) is 0 Å².